The number of hydrogen-bond acceptors (Lipinski definition) is 4. The molecule has 0 aromatic heterocycles. The zero-order valence-electron chi connectivity index (χ0n) is 9.87. The van der Waals surface area contributed by atoms with Crippen LogP contribution in [0, 0.1) is 5.92 Å². The minimum atomic E-state index is -0.855. The first-order valence-corrected chi connectivity index (χ1v) is 5.46. The molecule has 6 heteroatoms. The number of primary amides is 2. The van der Waals surface area contributed by atoms with Crippen molar-refractivity contribution in [2.24, 2.45) is 17.4 Å². The Kier molecular flexibility index (Phi) is 5.50. The van der Waals surface area contributed by atoms with Crippen molar-refractivity contribution in [3.63, 3.8) is 0 Å². The maximum Gasteiger partial charge on any atom is 0.404 e. The monoisotopic (exact) mass is 252 g/mol. The molecule has 0 radical (unpaired) electrons. The second-order valence-corrected chi connectivity index (χ2v) is 3.82. The van der Waals surface area contributed by atoms with Gasteiger partial charge < -0.3 is 20.9 Å². The Morgan fingerprint density at radius 3 is 1.94 bits per heavy atom. The molecule has 0 bridgehead atoms. The molecule has 0 saturated carbocycles. The van der Waals surface area contributed by atoms with Gasteiger partial charge in [0.1, 0.15) is 0 Å². The van der Waals surface area contributed by atoms with Gasteiger partial charge in [0.25, 0.3) is 0 Å². The number of nitrogens with two attached hydrogens (primary N) is 2. The van der Waals surface area contributed by atoms with E-state index in [1.54, 1.807) is 0 Å². The van der Waals surface area contributed by atoms with E-state index in [1.807, 2.05) is 30.3 Å². The fourth-order valence-corrected chi connectivity index (χ4v) is 1.51. The Morgan fingerprint density at radius 1 is 1.00 bits per heavy atom. The number of carbonyl (C=O) groups excluding carboxylic acids is 2. The van der Waals surface area contributed by atoms with Crippen LogP contribution < -0.4 is 11.5 Å². The molecule has 1 rings (SSSR count). The lowest BCUT2D eigenvalue weighted by atomic mass is 10.0. The van der Waals surface area contributed by atoms with Crippen LogP contribution in [0.1, 0.15) is 5.56 Å². The predicted molar refractivity (Wildman–Crippen MR) is 64.7 cm³/mol. The first-order valence-electron chi connectivity index (χ1n) is 5.46. The summed E-state index contributed by atoms with van der Waals surface area (Å²) in [6, 6.07) is 9.56. The van der Waals surface area contributed by atoms with Crippen molar-refractivity contribution in [1.29, 1.82) is 0 Å². The van der Waals surface area contributed by atoms with Gasteiger partial charge >= 0.3 is 12.2 Å². The van der Waals surface area contributed by atoms with Gasteiger partial charge in [-0.25, -0.2) is 9.59 Å². The van der Waals surface area contributed by atoms with Crippen molar-refractivity contribution in [1.82, 2.24) is 0 Å². The minimum Gasteiger partial charge on any atom is -0.449 e. The summed E-state index contributed by atoms with van der Waals surface area (Å²) in [5, 5.41) is 0. The van der Waals surface area contributed by atoms with E-state index in [4.69, 9.17) is 20.9 Å². The zero-order chi connectivity index (χ0) is 13.4. The molecular weight excluding hydrogens is 236 g/mol. The normalized spacial score (nSPS) is 10.1. The molecule has 4 N–H and O–H groups in total. The van der Waals surface area contributed by atoms with Gasteiger partial charge in [0, 0.05) is 5.92 Å². The smallest absolute Gasteiger partial charge is 0.404 e. The van der Waals surface area contributed by atoms with Crippen molar-refractivity contribution in [2.45, 2.75) is 6.42 Å². The quantitative estimate of drug-likeness (QED) is 0.788. The molecule has 0 spiro atoms. The standard InChI is InChI=1S/C12H16N2O4/c13-11(15)17-7-10(8-18-12(14)16)6-9-4-2-1-3-5-9/h1-5,10H,6-8H2,(H2,13,15)(H2,14,16). The second kappa shape index (κ2) is 7.16. The molecule has 98 valence electrons. The van der Waals surface area contributed by atoms with Gasteiger partial charge in [0.2, 0.25) is 0 Å². The van der Waals surface area contributed by atoms with Gasteiger partial charge in [0.05, 0.1) is 13.2 Å². The lowest BCUT2D eigenvalue weighted by Gasteiger charge is -2.15. The van der Waals surface area contributed by atoms with E-state index in [0.717, 1.165) is 5.56 Å². The molecule has 1 aromatic rings. The number of amides is 2. The van der Waals surface area contributed by atoms with E-state index in [9.17, 15) is 9.59 Å². The highest BCUT2D eigenvalue weighted by molar-refractivity contribution is 5.65. The number of benzene rings is 1. The van der Waals surface area contributed by atoms with Crippen molar-refractivity contribution in [2.75, 3.05) is 13.2 Å². The second-order valence-electron chi connectivity index (χ2n) is 3.82. The Bertz CT molecular complexity index is 376. The molecule has 18 heavy (non-hydrogen) atoms. The highest BCUT2D eigenvalue weighted by atomic mass is 16.6. The zero-order valence-corrected chi connectivity index (χ0v) is 9.87. The molecular formula is C12H16N2O4. The Hall–Kier alpha value is -2.24. The third-order valence-electron chi connectivity index (χ3n) is 2.29. The lowest BCUT2D eigenvalue weighted by Crippen LogP contribution is -2.26. The SMILES string of the molecule is NC(=O)OCC(COC(N)=O)Cc1ccccc1. The van der Waals surface area contributed by atoms with E-state index >= 15 is 0 Å². The third kappa shape index (κ3) is 5.74. The average molecular weight is 252 g/mol. The number of carbonyl (C=O) groups is 2. The summed E-state index contributed by atoms with van der Waals surface area (Å²) in [7, 11) is 0. The Morgan fingerprint density at radius 2 is 1.50 bits per heavy atom. The predicted octanol–water partition coefficient (Wildman–Crippen LogP) is 1.04. The highest BCUT2D eigenvalue weighted by Gasteiger charge is 2.14. The molecule has 0 fully saturated rings. The van der Waals surface area contributed by atoms with E-state index < -0.39 is 12.2 Å². The van der Waals surface area contributed by atoms with Crippen LogP contribution in [-0.2, 0) is 15.9 Å². The van der Waals surface area contributed by atoms with Gasteiger partial charge in [-0.05, 0) is 12.0 Å². The summed E-state index contributed by atoms with van der Waals surface area (Å²) in [5.41, 5.74) is 10.8. The topological polar surface area (TPSA) is 105 Å². The minimum absolute atomic E-state index is 0.0809. The summed E-state index contributed by atoms with van der Waals surface area (Å²) in [6.45, 7) is 0.162. The van der Waals surface area contributed by atoms with Gasteiger partial charge in [-0.1, -0.05) is 30.3 Å². The Balaban J connectivity index is 2.53. The van der Waals surface area contributed by atoms with Crippen molar-refractivity contribution in [3.05, 3.63) is 35.9 Å². The van der Waals surface area contributed by atoms with Crippen LogP contribution in [0.4, 0.5) is 9.59 Å². The van der Waals surface area contributed by atoms with E-state index in [2.05, 4.69) is 0 Å². The fourth-order valence-electron chi connectivity index (χ4n) is 1.51. The molecule has 1 aromatic carbocycles. The van der Waals surface area contributed by atoms with E-state index in [1.165, 1.54) is 0 Å². The van der Waals surface area contributed by atoms with Crippen LogP contribution >= 0.6 is 0 Å². The van der Waals surface area contributed by atoms with E-state index in [0.29, 0.717) is 6.42 Å². The molecule has 0 atom stereocenters. The Labute approximate surface area is 105 Å². The third-order valence-corrected chi connectivity index (χ3v) is 2.29. The number of hydrogen-bond donors (Lipinski definition) is 2. The summed E-state index contributed by atoms with van der Waals surface area (Å²) in [4.78, 5) is 21.1. The van der Waals surface area contributed by atoms with Gasteiger partial charge in [-0.2, -0.15) is 0 Å². The van der Waals surface area contributed by atoms with Crippen LogP contribution in [0.5, 0.6) is 0 Å². The first kappa shape index (κ1) is 13.8. The van der Waals surface area contributed by atoms with Crippen LogP contribution in [0.3, 0.4) is 0 Å². The summed E-state index contributed by atoms with van der Waals surface area (Å²) >= 11 is 0. The summed E-state index contributed by atoms with van der Waals surface area (Å²) < 4.78 is 9.43. The van der Waals surface area contributed by atoms with Crippen molar-refractivity contribution >= 4 is 12.2 Å². The van der Waals surface area contributed by atoms with Gasteiger partial charge in [0.15, 0.2) is 0 Å². The van der Waals surface area contributed by atoms with Crippen LogP contribution in [-0.4, -0.2) is 25.4 Å². The molecule has 0 heterocycles. The van der Waals surface area contributed by atoms with E-state index in [-0.39, 0.29) is 19.1 Å². The fraction of sp³-hybridized carbons (Fsp3) is 0.333. The molecule has 0 aliphatic heterocycles. The first-order chi connectivity index (χ1) is 8.58. The molecule has 0 aliphatic carbocycles. The van der Waals surface area contributed by atoms with Gasteiger partial charge in [-0.15, -0.1) is 0 Å². The molecule has 0 aliphatic rings. The largest absolute Gasteiger partial charge is 0.449 e. The number of ether oxygens (including phenoxy) is 2. The average Bonchev–Trinajstić information content (AvgIpc) is 2.33. The summed E-state index contributed by atoms with van der Waals surface area (Å²) in [5.74, 6) is -0.174. The van der Waals surface area contributed by atoms with Crippen molar-refractivity contribution < 1.29 is 19.1 Å². The maximum atomic E-state index is 10.6. The summed E-state index contributed by atoms with van der Waals surface area (Å²) in [6.07, 6.45) is -1.11. The van der Waals surface area contributed by atoms with Crippen molar-refractivity contribution in [3.8, 4) is 0 Å². The molecule has 2 amide bonds. The van der Waals surface area contributed by atoms with Crippen LogP contribution in [0.15, 0.2) is 30.3 Å². The number of rotatable bonds is 6. The van der Waals surface area contributed by atoms with Gasteiger partial charge in [-0.3, -0.25) is 0 Å². The lowest BCUT2D eigenvalue weighted by molar-refractivity contribution is 0.0938. The highest BCUT2D eigenvalue weighted by Crippen LogP contribution is 2.10. The van der Waals surface area contributed by atoms with Crippen LogP contribution in [0.25, 0.3) is 0 Å². The molecule has 0 unspecified atom stereocenters. The molecule has 6 nitrogen and oxygen atoms in total. The van der Waals surface area contributed by atoms with Crippen LogP contribution in [0.2, 0.25) is 0 Å². The maximum absolute atomic E-state index is 10.6. The molecule has 0 saturated heterocycles.